The Bertz CT molecular complexity index is 1820. The molecule has 6 rings (SSSR count). The first-order valence-corrected chi connectivity index (χ1v) is 15.6. The molecule has 5 aromatic rings. The van der Waals surface area contributed by atoms with Crippen molar-refractivity contribution in [2.45, 2.75) is 0 Å². The summed E-state index contributed by atoms with van der Waals surface area (Å²) in [4.78, 5) is 22.7. The number of anilines is 2. The number of pyridine rings is 1. The average molecular weight is 611 g/mol. The Hall–Kier alpha value is -4.22. The lowest BCUT2D eigenvalue weighted by Gasteiger charge is -2.33. The van der Waals surface area contributed by atoms with Gasteiger partial charge >= 0.3 is 0 Å². The number of aryl methyl sites for hydroxylation is 1. The molecule has 0 bridgehead atoms. The quantitative estimate of drug-likeness (QED) is 0.213. The fraction of sp³-hybridized carbons (Fsp3) is 0.294. The molecule has 4 heterocycles. The Labute approximate surface area is 261 Å². The maximum Gasteiger partial charge on any atom is 0.272 e. The van der Waals surface area contributed by atoms with E-state index in [9.17, 15) is 4.79 Å². The lowest BCUT2D eigenvalue weighted by Crippen LogP contribution is -2.47. The molecule has 0 saturated carbocycles. The highest BCUT2D eigenvalue weighted by Gasteiger charge is 2.19. The maximum absolute atomic E-state index is 13.3. The summed E-state index contributed by atoms with van der Waals surface area (Å²) in [6.45, 7) is 6.89. The van der Waals surface area contributed by atoms with Crippen LogP contribution in [0.1, 0.15) is 16.1 Å². The topological polar surface area (TPSA) is 97.9 Å². The second-order valence-corrected chi connectivity index (χ2v) is 11.9. The number of rotatable bonds is 10. The highest BCUT2D eigenvalue weighted by molar-refractivity contribution is 7.18. The number of carbonyl (C=O) groups excluding carboxylic acids is 1. The molecule has 1 aliphatic heterocycles. The molecule has 0 aliphatic carbocycles. The van der Waals surface area contributed by atoms with Crippen LogP contribution < -0.4 is 15.8 Å². The van der Waals surface area contributed by atoms with Crippen molar-refractivity contribution in [3.63, 3.8) is 0 Å². The molecule has 1 aliphatic rings. The van der Waals surface area contributed by atoms with Crippen LogP contribution in [0.5, 0.6) is 5.75 Å². The number of nitrogens with zero attached hydrogens (tertiary/aromatic N) is 4. The summed E-state index contributed by atoms with van der Waals surface area (Å²) in [6.07, 6.45) is 6.22. The smallest absolute Gasteiger partial charge is 0.272 e. The van der Waals surface area contributed by atoms with Crippen LogP contribution in [0.3, 0.4) is 0 Å². The van der Waals surface area contributed by atoms with Gasteiger partial charge in [-0.05, 0) is 35.2 Å². The van der Waals surface area contributed by atoms with Gasteiger partial charge in [0.2, 0.25) is 0 Å². The molecule has 2 aromatic carbocycles. The Balaban J connectivity index is 1.19. The number of benzene rings is 2. The van der Waals surface area contributed by atoms with Crippen LogP contribution >= 0.6 is 11.3 Å². The summed E-state index contributed by atoms with van der Waals surface area (Å²) in [5, 5.41) is 7.09. The molecule has 1 fully saturated rings. The summed E-state index contributed by atoms with van der Waals surface area (Å²) < 4.78 is 13.9. The summed E-state index contributed by atoms with van der Waals surface area (Å²) >= 11 is 1.66. The number of nitrogen functional groups attached to an aromatic ring is 1. The molecule has 0 radical (unpaired) electrons. The fourth-order valence-electron chi connectivity index (χ4n) is 5.82. The number of aromatic nitrogens is 2. The molecular weight excluding hydrogens is 572 g/mol. The lowest BCUT2D eigenvalue weighted by atomic mass is 10.0. The summed E-state index contributed by atoms with van der Waals surface area (Å²) in [6, 6.07) is 15.6. The Morgan fingerprint density at radius 2 is 1.89 bits per heavy atom. The monoisotopic (exact) mass is 610 g/mol. The number of amides is 1. The first kappa shape index (κ1) is 29.8. The number of carbonyl (C=O) groups is 1. The van der Waals surface area contributed by atoms with Crippen molar-refractivity contribution in [3.8, 4) is 16.9 Å². The SMILES string of the molecule is COCCN1CCN(C/C=C/c2cnc(N)c3c(-c4ccc(NC(=O)c5cc6ccccc6n5C)c(OC)c4)csc23)CC1. The first-order chi connectivity index (χ1) is 21.5. The number of fused-ring (bicyclic) bond motifs is 2. The highest BCUT2D eigenvalue weighted by Crippen LogP contribution is 2.41. The zero-order chi connectivity index (χ0) is 30.6. The average Bonchev–Trinajstić information content (AvgIpc) is 3.65. The zero-order valence-electron chi connectivity index (χ0n) is 25.4. The van der Waals surface area contributed by atoms with Gasteiger partial charge in [-0.3, -0.25) is 14.6 Å². The van der Waals surface area contributed by atoms with Crippen molar-refractivity contribution < 1.29 is 14.3 Å². The van der Waals surface area contributed by atoms with Crippen molar-refractivity contribution in [3.05, 3.63) is 77.4 Å². The van der Waals surface area contributed by atoms with Crippen molar-refractivity contribution in [1.82, 2.24) is 19.4 Å². The molecular formula is C34H38N6O3S. The van der Waals surface area contributed by atoms with Crippen LogP contribution in [0.15, 0.2) is 66.2 Å². The van der Waals surface area contributed by atoms with Crippen molar-refractivity contribution in [2.75, 3.05) is 71.1 Å². The van der Waals surface area contributed by atoms with Crippen LogP contribution in [0.2, 0.25) is 0 Å². The Morgan fingerprint density at radius 1 is 1.09 bits per heavy atom. The van der Waals surface area contributed by atoms with E-state index in [1.54, 1.807) is 25.6 Å². The van der Waals surface area contributed by atoms with Gasteiger partial charge in [-0.25, -0.2) is 4.98 Å². The van der Waals surface area contributed by atoms with Crippen LogP contribution in [0.25, 0.3) is 38.2 Å². The van der Waals surface area contributed by atoms with Crippen LogP contribution in [0.4, 0.5) is 11.5 Å². The normalized spacial score (nSPS) is 14.6. The Kier molecular flexibility index (Phi) is 8.94. The number of thiophene rings is 1. The molecule has 0 unspecified atom stereocenters. The largest absolute Gasteiger partial charge is 0.495 e. The van der Waals surface area contributed by atoms with E-state index in [1.807, 2.05) is 66.3 Å². The van der Waals surface area contributed by atoms with Gasteiger partial charge in [0.05, 0.1) is 19.4 Å². The highest BCUT2D eigenvalue weighted by atomic mass is 32.1. The minimum Gasteiger partial charge on any atom is -0.495 e. The predicted octanol–water partition coefficient (Wildman–Crippen LogP) is 5.58. The van der Waals surface area contributed by atoms with Crippen molar-refractivity contribution in [2.24, 2.45) is 7.05 Å². The number of nitrogens with two attached hydrogens (primary N) is 1. The van der Waals surface area contributed by atoms with E-state index < -0.39 is 0 Å². The second-order valence-electron chi connectivity index (χ2n) is 11.0. The van der Waals surface area contributed by atoms with E-state index >= 15 is 0 Å². The molecule has 3 aromatic heterocycles. The fourth-order valence-corrected chi connectivity index (χ4v) is 6.90. The number of para-hydroxylation sites is 1. The molecule has 0 spiro atoms. The van der Waals surface area contributed by atoms with Gasteiger partial charge in [0.1, 0.15) is 17.3 Å². The number of hydrogen-bond acceptors (Lipinski definition) is 8. The van der Waals surface area contributed by atoms with Crippen molar-refractivity contribution in [1.29, 1.82) is 0 Å². The van der Waals surface area contributed by atoms with E-state index in [4.69, 9.17) is 15.2 Å². The van der Waals surface area contributed by atoms with Gasteiger partial charge in [0, 0.05) is 91.7 Å². The number of ether oxygens (including phenoxy) is 2. The molecule has 3 N–H and O–H groups in total. The molecule has 228 valence electrons. The third-order valence-corrected chi connectivity index (χ3v) is 9.36. The Morgan fingerprint density at radius 3 is 2.66 bits per heavy atom. The standard InChI is InChI=1S/C34H38N6O3S/c1-38-28-9-5-4-7-24(28)19-29(38)34(41)37-27-11-10-23(20-30(27)43-3)26-22-44-32-25(21-36-33(35)31(26)32)8-6-12-39-13-15-40(16-14-39)17-18-42-2/h4-11,19-22H,12-18H2,1-3H3,(H2,35,36)(H,37,41)/b8-6+. The third kappa shape index (κ3) is 6.07. The van der Waals surface area contributed by atoms with Crippen LogP contribution in [-0.2, 0) is 11.8 Å². The van der Waals surface area contributed by atoms with Gasteiger partial charge in [0.15, 0.2) is 0 Å². The van der Waals surface area contributed by atoms with E-state index in [0.717, 1.165) is 83.6 Å². The third-order valence-electron chi connectivity index (χ3n) is 8.33. The first-order valence-electron chi connectivity index (χ1n) is 14.8. The molecule has 44 heavy (non-hydrogen) atoms. The molecule has 0 atom stereocenters. The predicted molar refractivity (Wildman–Crippen MR) is 181 cm³/mol. The minimum atomic E-state index is -0.200. The summed E-state index contributed by atoms with van der Waals surface area (Å²) in [5.41, 5.74) is 11.6. The van der Waals surface area contributed by atoms with Gasteiger partial charge in [-0.1, -0.05) is 36.4 Å². The number of piperazine rings is 1. The van der Waals surface area contributed by atoms with E-state index in [1.165, 1.54) is 0 Å². The minimum absolute atomic E-state index is 0.200. The molecule has 1 amide bonds. The van der Waals surface area contributed by atoms with Gasteiger partial charge in [0.25, 0.3) is 5.91 Å². The van der Waals surface area contributed by atoms with Crippen LogP contribution in [0, 0.1) is 0 Å². The number of methoxy groups -OCH3 is 2. The van der Waals surface area contributed by atoms with Gasteiger partial charge < -0.3 is 25.1 Å². The summed E-state index contributed by atoms with van der Waals surface area (Å²) in [5.74, 6) is 0.861. The second kappa shape index (κ2) is 13.2. The van der Waals surface area contributed by atoms with E-state index in [2.05, 4.69) is 37.6 Å². The maximum atomic E-state index is 13.3. The van der Waals surface area contributed by atoms with Crippen LogP contribution in [-0.4, -0.2) is 85.4 Å². The molecule has 10 heteroatoms. The van der Waals surface area contributed by atoms with E-state index in [0.29, 0.717) is 22.9 Å². The number of hydrogen-bond donors (Lipinski definition) is 2. The zero-order valence-corrected chi connectivity index (χ0v) is 26.2. The molecule has 1 saturated heterocycles. The van der Waals surface area contributed by atoms with E-state index in [-0.39, 0.29) is 5.91 Å². The van der Waals surface area contributed by atoms with Crippen molar-refractivity contribution >= 4 is 55.8 Å². The summed E-state index contributed by atoms with van der Waals surface area (Å²) in [7, 11) is 5.26. The number of nitrogens with one attached hydrogen (secondary N) is 1. The molecule has 9 nitrogen and oxygen atoms in total. The van der Waals surface area contributed by atoms with Gasteiger partial charge in [-0.2, -0.15) is 0 Å². The lowest BCUT2D eigenvalue weighted by molar-refractivity contribution is 0.101. The van der Waals surface area contributed by atoms with Gasteiger partial charge in [-0.15, -0.1) is 11.3 Å².